The van der Waals surface area contributed by atoms with Crippen LogP contribution in [0.5, 0.6) is 0 Å². The molecule has 2 aromatic carbocycles. The molecule has 0 amide bonds. The molecule has 0 fully saturated rings. The van der Waals surface area contributed by atoms with Crippen molar-refractivity contribution in [2.45, 2.75) is 26.9 Å². The van der Waals surface area contributed by atoms with E-state index in [1.807, 2.05) is 43.3 Å². The number of ether oxygens (including phenoxy) is 1. The van der Waals surface area contributed by atoms with Crippen LogP contribution in [0.1, 0.15) is 25.0 Å². The van der Waals surface area contributed by atoms with Crippen LogP contribution in [-0.2, 0) is 17.8 Å². The van der Waals surface area contributed by atoms with E-state index < -0.39 is 0 Å². The summed E-state index contributed by atoms with van der Waals surface area (Å²) in [5, 5.41) is 1.06. The Balaban J connectivity index is 2.10. The van der Waals surface area contributed by atoms with E-state index in [1.165, 1.54) is 5.56 Å². The van der Waals surface area contributed by atoms with Crippen LogP contribution in [0.25, 0.3) is 11.0 Å². The zero-order valence-corrected chi connectivity index (χ0v) is 13.6. The molecule has 3 rings (SSSR count). The zero-order chi connectivity index (χ0) is 16.1. The number of benzene rings is 2. The number of hydrogen-bond donors (Lipinski definition) is 0. The number of fused-ring (bicyclic) bond motifs is 1. The first-order valence-electron chi connectivity index (χ1n) is 8.03. The third-order valence-corrected chi connectivity index (χ3v) is 3.77. The van der Waals surface area contributed by atoms with E-state index in [2.05, 4.69) is 30.1 Å². The van der Waals surface area contributed by atoms with Gasteiger partial charge in [-0.25, -0.2) is 4.99 Å². The topological polar surface area (TPSA) is 34.7 Å². The smallest absolute Gasteiger partial charge is 0.225 e. The summed E-state index contributed by atoms with van der Waals surface area (Å²) in [6.45, 7) is 5.29. The molecule has 3 heteroatoms. The van der Waals surface area contributed by atoms with E-state index in [4.69, 9.17) is 9.15 Å². The summed E-state index contributed by atoms with van der Waals surface area (Å²) in [6.07, 6.45) is 1.02. The Labute approximate surface area is 136 Å². The lowest BCUT2D eigenvalue weighted by molar-refractivity contribution is 0.131. The molecule has 0 bridgehead atoms. The van der Waals surface area contributed by atoms with Crippen molar-refractivity contribution >= 4 is 16.7 Å². The number of para-hydroxylation sites is 1. The average molecular weight is 307 g/mol. The van der Waals surface area contributed by atoms with Gasteiger partial charge in [0, 0.05) is 17.6 Å². The number of hydrogen-bond acceptors (Lipinski definition) is 3. The second-order valence-electron chi connectivity index (χ2n) is 5.38. The Hall–Kier alpha value is -2.39. The van der Waals surface area contributed by atoms with Crippen LogP contribution >= 0.6 is 0 Å². The van der Waals surface area contributed by atoms with Crippen molar-refractivity contribution < 1.29 is 9.15 Å². The summed E-state index contributed by atoms with van der Waals surface area (Å²) in [4.78, 5) is 4.67. The molecule has 0 aliphatic rings. The minimum absolute atomic E-state index is 0.497. The molecule has 0 aliphatic carbocycles. The minimum atomic E-state index is 0.497. The van der Waals surface area contributed by atoms with Gasteiger partial charge in [-0.3, -0.25) is 0 Å². The Morgan fingerprint density at radius 3 is 2.52 bits per heavy atom. The fraction of sp³-hybridized carbons (Fsp3) is 0.250. The van der Waals surface area contributed by atoms with Crippen molar-refractivity contribution in [3.8, 4) is 0 Å². The monoisotopic (exact) mass is 307 g/mol. The van der Waals surface area contributed by atoms with Gasteiger partial charge in [-0.1, -0.05) is 37.3 Å². The Morgan fingerprint density at radius 2 is 1.78 bits per heavy atom. The van der Waals surface area contributed by atoms with Crippen molar-refractivity contribution in [2.75, 3.05) is 6.61 Å². The molecular formula is C20H21NO2. The van der Waals surface area contributed by atoms with Crippen molar-refractivity contribution in [1.29, 1.82) is 0 Å². The maximum Gasteiger partial charge on any atom is 0.225 e. The highest BCUT2D eigenvalue weighted by atomic mass is 16.5. The first-order chi connectivity index (χ1) is 11.3. The van der Waals surface area contributed by atoms with E-state index in [9.17, 15) is 0 Å². The fourth-order valence-corrected chi connectivity index (χ4v) is 2.45. The summed E-state index contributed by atoms with van der Waals surface area (Å²) in [7, 11) is 0. The third kappa shape index (κ3) is 3.69. The van der Waals surface area contributed by atoms with Gasteiger partial charge in [0.05, 0.1) is 12.3 Å². The maximum atomic E-state index is 6.00. The van der Waals surface area contributed by atoms with E-state index in [1.54, 1.807) is 0 Å². The summed E-state index contributed by atoms with van der Waals surface area (Å²) >= 11 is 0. The van der Waals surface area contributed by atoms with Gasteiger partial charge in [0.15, 0.2) is 0 Å². The lowest BCUT2D eigenvalue weighted by atomic mass is 10.1. The summed E-state index contributed by atoms with van der Waals surface area (Å²) in [5.74, 6) is 0. The van der Waals surface area contributed by atoms with Crippen molar-refractivity contribution in [3.63, 3.8) is 0 Å². The molecule has 0 unspecified atom stereocenters. The molecule has 3 aromatic rings. The lowest BCUT2D eigenvalue weighted by Crippen LogP contribution is -2.10. The molecule has 1 heterocycles. The molecular weight excluding hydrogens is 286 g/mol. The summed E-state index contributed by atoms with van der Waals surface area (Å²) < 4.78 is 11.6. The molecule has 1 aromatic heterocycles. The lowest BCUT2D eigenvalue weighted by Gasteiger charge is -2.05. The molecule has 0 saturated carbocycles. The number of rotatable bonds is 5. The standard InChI is InChI=1S/C20H21NO2/c1-3-15-9-11-18(12-10-15)21-20-17(14-22-4-2)13-16-7-5-6-8-19(16)23-20/h5-13H,3-4,14H2,1-2H3. The third-order valence-electron chi connectivity index (χ3n) is 3.77. The molecule has 0 aliphatic heterocycles. The van der Waals surface area contributed by atoms with Crippen molar-refractivity contribution in [2.24, 2.45) is 4.99 Å². The van der Waals surface area contributed by atoms with Gasteiger partial charge < -0.3 is 9.15 Å². The molecule has 118 valence electrons. The van der Waals surface area contributed by atoms with Crippen molar-refractivity contribution in [1.82, 2.24) is 0 Å². The van der Waals surface area contributed by atoms with Gasteiger partial charge in [0.25, 0.3) is 0 Å². The largest absolute Gasteiger partial charge is 0.438 e. The van der Waals surface area contributed by atoms with Crippen LogP contribution in [0.4, 0.5) is 5.69 Å². The second kappa shape index (κ2) is 7.25. The zero-order valence-electron chi connectivity index (χ0n) is 13.6. The molecule has 0 N–H and O–H groups in total. The average Bonchev–Trinajstić information content (AvgIpc) is 2.60. The van der Waals surface area contributed by atoms with Gasteiger partial charge in [0.1, 0.15) is 5.58 Å². The Morgan fingerprint density at radius 1 is 1.00 bits per heavy atom. The van der Waals surface area contributed by atoms with Crippen LogP contribution in [0.3, 0.4) is 0 Å². The molecule has 0 atom stereocenters. The van der Waals surface area contributed by atoms with Crippen LogP contribution < -0.4 is 5.55 Å². The molecule has 3 nitrogen and oxygen atoms in total. The predicted molar refractivity (Wildman–Crippen MR) is 92.6 cm³/mol. The van der Waals surface area contributed by atoms with Gasteiger partial charge in [-0.15, -0.1) is 0 Å². The minimum Gasteiger partial charge on any atom is -0.438 e. The first kappa shape index (κ1) is 15.5. The van der Waals surface area contributed by atoms with Crippen LogP contribution in [-0.4, -0.2) is 6.61 Å². The number of nitrogens with zero attached hydrogens (tertiary/aromatic N) is 1. The first-order valence-corrected chi connectivity index (χ1v) is 8.03. The quantitative estimate of drug-likeness (QED) is 0.681. The van der Waals surface area contributed by atoms with Gasteiger partial charge in [-0.2, -0.15) is 0 Å². The normalized spacial score (nSPS) is 12.0. The highest BCUT2D eigenvalue weighted by Gasteiger charge is 2.04. The summed E-state index contributed by atoms with van der Waals surface area (Å²) in [6, 6.07) is 18.3. The van der Waals surface area contributed by atoms with Crippen LogP contribution in [0.2, 0.25) is 0 Å². The Kier molecular flexibility index (Phi) is 4.89. The maximum absolute atomic E-state index is 6.00. The Bertz CT molecular complexity index is 847. The molecule has 23 heavy (non-hydrogen) atoms. The van der Waals surface area contributed by atoms with Gasteiger partial charge in [-0.05, 0) is 43.2 Å². The predicted octanol–water partition coefficient (Wildman–Crippen LogP) is 4.76. The molecule has 0 spiro atoms. The molecule has 0 saturated heterocycles. The van der Waals surface area contributed by atoms with E-state index in [0.717, 1.165) is 28.6 Å². The SMILES string of the molecule is CCOCc1cc2ccccc2oc1=Nc1ccc(CC)cc1. The van der Waals surface area contributed by atoms with E-state index in [0.29, 0.717) is 18.8 Å². The van der Waals surface area contributed by atoms with Gasteiger partial charge >= 0.3 is 0 Å². The van der Waals surface area contributed by atoms with Crippen LogP contribution in [0, 0.1) is 0 Å². The second-order valence-corrected chi connectivity index (χ2v) is 5.38. The highest BCUT2D eigenvalue weighted by molar-refractivity contribution is 5.76. The highest BCUT2D eigenvalue weighted by Crippen LogP contribution is 2.16. The fourth-order valence-electron chi connectivity index (χ4n) is 2.45. The summed E-state index contributed by atoms with van der Waals surface area (Å²) in [5.41, 5.74) is 4.59. The van der Waals surface area contributed by atoms with E-state index in [-0.39, 0.29) is 0 Å². The number of aryl methyl sites for hydroxylation is 1. The van der Waals surface area contributed by atoms with Crippen molar-refractivity contribution in [3.05, 3.63) is 71.3 Å². The van der Waals surface area contributed by atoms with Gasteiger partial charge in [0.2, 0.25) is 5.55 Å². The molecule has 0 radical (unpaired) electrons. The van der Waals surface area contributed by atoms with Crippen LogP contribution in [0.15, 0.2) is 64.0 Å². The van der Waals surface area contributed by atoms with E-state index >= 15 is 0 Å².